The molecule has 0 unspecified atom stereocenters. The van der Waals surface area contributed by atoms with Crippen LogP contribution in [0.2, 0.25) is 0 Å². The van der Waals surface area contributed by atoms with Gasteiger partial charge in [-0.05, 0) is 36.8 Å². The first kappa shape index (κ1) is 19.5. The van der Waals surface area contributed by atoms with E-state index in [1.54, 1.807) is 0 Å². The lowest BCUT2D eigenvalue weighted by Gasteiger charge is -1.98. The summed E-state index contributed by atoms with van der Waals surface area (Å²) in [6.07, 6.45) is 25.7. The van der Waals surface area contributed by atoms with E-state index in [9.17, 15) is 0 Å². The van der Waals surface area contributed by atoms with Crippen LogP contribution in [0.1, 0.15) is 30.4 Å². The Morgan fingerprint density at radius 1 is 0.538 bits per heavy atom. The molecule has 0 aliphatic carbocycles. The van der Waals surface area contributed by atoms with E-state index in [0.717, 1.165) is 6.42 Å². The van der Waals surface area contributed by atoms with Gasteiger partial charge in [0.2, 0.25) is 0 Å². The molecule has 0 heterocycles. The molecule has 0 bridgehead atoms. The normalized spacial score (nSPS) is 12.5. The number of rotatable bonds is 10. The van der Waals surface area contributed by atoms with E-state index >= 15 is 0 Å². The maximum Gasteiger partial charge on any atom is -0.0257 e. The third-order valence-electron chi connectivity index (χ3n) is 3.93. The predicted octanol–water partition coefficient (Wildman–Crippen LogP) is 7.34. The molecule has 0 amide bonds. The van der Waals surface area contributed by atoms with Crippen molar-refractivity contribution < 1.29 is 0 Å². The van der Waals surface area contributed by atoms with Crippen molar-refractivity contribution in [1.82, 2.24) is 0 Å². The minimum absolute atomic E-state index is 1.14. The van der Waals surface area contributed by atoms with E-state index in [2.05, 4.69) is 78.9 Å². The Bertz CT molecular complexity index is 728. The second-order valence-electron chi connectivity index (χ2n) is 6.08. The molecule has 0 nitrogen and oxygen atoms in total. The van der Waals surface area contributed by atoms with Crippen LogP contribution in [-0.2, 0) is 6.42 Å². The van der Waals surface area contributed by atoms with Crippen LogP contribution in [0.25, 0.3) is 6.08 Å². The first-order valence-electron chi connectivity index (χ1n) is 9.37. The Labute approximate surface area is 158 Å². The average Bonchev–Trinajstić information content (AvgIpc) is 2.70. The van der Waals surface area contributed by atoms with Gasteiger partial charge < -0.3 is 0 Å². The lowest BCUT2D eigenvalue weighted by Crippen LogP contribution is -1.83. The monoisotopic (exact) mass is 340 g/mol. The van der Waals surface area contributed by atoms with E-state index in [1.807, 2.05) is 42.5 Å². The Morgan fingerprint density at radius 2 is 1.12 bits per heavy atom. The van der Waals surface area contributed by atoms with Gasteiger partial charge in [0.25, 0.3) is 0 Å². The van der Waals surface area contributed by atoms with Gasteiger partial charge in [0.05, 0.1) is 0 Å². The van der Waals surface area contributed by atoms with Gasteiger partial charge in [-0.15, -0.1) is 0 Å². The van der Waals surface area contributed by atoms with Crippen molar-refractivity contribution in [3.05, 3.63) is 126 Å². The van der Waals surface area contributed by atoms with Crippen molar-refractivity contribution in [2.45, 2.75) is 25.7 Å². The first-order valence-corrected chi connectivity index (χ1v) is 9.37. The summed E-state index contributed by atoms with van der Waals surface area (Å²) in [7, 11) is 0. The van der Waals surface area contributed by atoms with E-state index in [4.69, 9.17) is 0 Å². The summed E-state index contributed by atoms with van der Waals surface area (Å²) in [5, 5.41) is 0. The van der Waals surface area contributed by atoms with E-state index in [0.29, 0.717) is 0 Å². The van der Waals surface area contributed by atoms with Crippen molar-refractivity contribution in [3.8, 4) is 0 Å². The molecule has 2 aromatic carbocycles. The van der Waals surface area contributed by atoms with Crippen LogP contribution in [0.5, 0.6) is 0 Å². The Morgan fingerprint density at radius 3 is 1.81 bits per heavy atom. The fourth-order valence-electron chi connectivity index (χ4n) is 2.53. The number of hydrogen-bond donors (Lipinski definition) is 0. The third-order valence-corrected chi connectivity index (χ3v) is 3.93. The number of unbranched alkanes of at least 4 members (excludes halogenated alkanes) is 2. The fourth-order valence-corrected chi connectivity index (χ4v) is 2.53. The zero-order valence-corrected chi connectivity index (χ0v) is 15.4. The smallest absolute Gasteiger partial charge is 0.0257 e. The lowest BCUT2D eigenvalue weighted by atomic mass is 10.1. The minimum Gasteiger partial charge on any atom is -0.0845 e. The van der Waals surface area contributed by atoms with E-state index in [-0.39, 0.29) is 0 Å². The number of benzene rings is 2. The van der Waals surface area contributed by atoms with Crippen molar-refractivity contribution in [2.75, 3.05) is 0 Å². The van der Waals surface area contributed by atoms with Crippen LogP contribution in [0.4, 0.5) is 0 Å². The van der Waals surface area contributed by atoms with Gasteiger partial charge in [-0.3, -0.25) is 0 Å². The minimum atomic E-state index is 1.14. The van der Waals surface area contributed by atoms with Gasteiger partial charge in [0, 0.05) is 0 Å². The summed E-state index contributed by atoms with van der Waals surface area (Å²) in [5.74, 6) is 0. The molecular formula is C26H28. The molecule has 132 valence electrons. The molecule has 2 aromatic rings. The quantitative estimate of drug-likeness (QED) is 0.313. The SMILES string of the molecule is C(=CC=CC=Cc1ccccc1)C=CC=CCCCCc1ccccc1. The highest BCUT2D eigenvalue weighted by molar-refractivity contribution is 5.50. The van der Waals surface area contributed by atoms with Crippen LogP contribution >= 0.6 is 0 Å². The highest BCUT2D eigenvalue weighted by Gasteiger charge is 1.90. The van der Waals surface area contributed by atoms with Gasteiger partial charge in [-0.1, -0.05) is 121 Å². The molecule has 0 aromatic heterocycles. The lowest BCUT2D eigenvalue weighted by molar-refractivity contribution is 0.747. The van der Waals surface area contributed by atoms with E-state index in [1.165, 1.54) is 30.4 Å². The summed E-state index contributed by atoms with van der Waals surface area (Å²) >= 11 is 0. The molecular weight excluding hydrogens is 312 g/mol. The summed E-state index contributed by atoms with van der Waals surface area (Å²) in [6.45, 7) is 0. The highest BCUT2D eigenvalue weighted by atomic mass is 14.0. The maximum atomic E-state index is 2.24. The van der Waals surface area contributed by atoms with Gasteiger partial charge in [-0.25, -0.2) is 0 Å². The number of hydrogen-bond acceptors (Lipinski definition) is 0. The second kappa shape index (κ2) is 13.4. The predicted molar refractivity (Wildman–Crippen MR) is 116 cm³/mol. The summed E-state index contributed by atoms with van der Waals surface area (Å²) in [4.78, 5) is 0. The molecule has 0 radical (unpaired) electrons. The first-order chi connectivity index (χ1) is 12.9. The molecule has 0 fully saturated rings. The molecule has 0 aliphatic heterocycles. The molecule has 2 rings (SSSR count). The molecule has 0 spiro atoms. The van der Waals surface area contributed by atoms with Crippen molar-refractivity contribution >= 4 is 6.08 Å². The number of aryl methyl sites for hydroxylation is 1. The van der Waals surface area contributed by atoms with Gasteiger partial charge >= 0.3 is 0 Å². The van der Waals surface area contributed by atoms with E-state index < -0.39 is 0 Å². The molecule has 0 N–H and O–H groups in total. The zero-order chi connectivity index (χ0) is 18.1. The molecule has 0 saturated heterocycles. The fraction of sp³-hybridized carbons (Fsp3) is 0.154. The van der Waals surface area contributed by atoms with Crippen molar-refractivity contribution in [3.63, 3.8) is 0 Å². The molecule has 0 aliphatic rings. The van der Waals surface area contributed by atoms with Gasteiger partial charge in [0.1, 0.15) is 0 Å². The molecule has 26 heavy (non-hydrogen) atoms. The zero-order valence-electron chi connectivity index (χ0n) is 15.4. The third kappa shape index (κ3) is 9.44. The van der Waals surface area contributed by atoms with Gasteiger partial charge in [0.15, 0.2) is 0 Å². The Balaban J connectivity index is 1.52. The van der Waals surface area contributed by atoms with Gasteiger partial charge in [-0.2, -0.15) is 0 Å². The Kier molecular flexibility index (Phi) is 10.1. The Hall–Kier alpha value is -2.86. The summed E-state index contributed by atoms with van der Waals surface area (Å²) < 4.78 is 0. The highest BCUT2D eigenvalue weighted by Crippen LogP contribution is 2.06. The van der Waals surface area contributed by atoms with Crippen LogP contribution in [0.3, 0.4) is 0 Å². The molecule has 0 saturated carbocycles. The largest absolute Gasteiger partial charge is 0.0845 e. The maximum absolute atomic E-state index is 2.24. The standard InChI is InChI=1S/C26H28/c1(3-5-7-9-13-19-25-21-15-11-16-22-25)2-4-6-8-10-14-20-26-23-17-12-18-24-26/h1-7,9,11-13,15-19,21-24H,8,10,14,20H2. The average molecular weight is 341 g/mol. The van der Waals surface area contributed by atoms with Crippen LogP contribution in [-0.4, -0.2) is 0 Å². The molecule has 0 heteroatoms. The summed E-state index contributed by atoms with van der Waals surface area (Å²) in [6, 6.07) is 21.0. The second-order valence-corrected chi connectivity index (χ2v) is 6.08. The van der Waals surface area contributed by atoms with Crippen molar-refractivity contribution in [1.29, 1.82) is 0 Å². The van der Waals surface area contributed by atoms with Crippen LogP contribution < -0.4 is 0 Å². The topological polar surface area (TPSA) is 0 Å². The van der Waals surface area contributed by atoms with Crippen LogP contribution in [0, 0.1) is 0 Å². The van der Waals surface area contributed by atoms with Crippen LogP contribution in [0.15, 0.2) is 115 Å². The number of allylic oxidation sites excluding steroid dienone is 9. The van der Waals surface area contributed by atoms with Crippen molar-refractivity contribution in [2.24, 2.45) is 0 Å². The molecule has 0 atom stereocenters. The summed E-state index contributed by atoms with van der Waals surface area (Å²) in [5.41, 5.74) is 2.66.